The zero-order valence-corrected chi connectivity index (χ0v) is 21.7. The van der Waals surface area contributed by atoms with Crippen molar-refractivity contribution in [3.05, 3.63) is 33.4 Å². The quantitative estimate of drug-likeness (QED) is 0.288. The second-order valence-corrected chi connectivity index (χ2v) is 9.04. The van der Waals surface area contributed by atoms with E-state index >= 15 is 0 Å². The molecule has 2 aliphatic rings. The predicted molar refractivity (Wildman–Crippen MR) is 89.9 cm³/mol. The summed E-state index contributed by atoms with van der Waals surface area (Å²) in [5.74, 6) is -0.163. The summed E-state index contributed by atoms with van der Waals surface area (Å²) in [6.45, 7) is 3.39. The maximum absolute atomic E-state index is 11.1. The molecule has 1 aromatic rings. The number of β-lactam (4-membered cyclic amide) rings is 1. The van der Waals surface area contributed by atoms with Gasteiger partial charge in [0.05, 0.1) is 23.2 Å². The molecule has 1 unspecified atom stereocenters. The van der Waals surface area contributed by atoms with E-state index in [-0.39, 0.29) is 87.7 Å². The number of nitrogens with zero attached hydrogens (tertiary/aromatic N) is 1. The molecule has 0 aliphatic carbocycles. The van der Waals surface area contributed by atoms with Gasteiger partial charge in [-0.3, -0.25) is 14.5 Å². The average molecular weight is 434 g/mol. The summed E-state index contributed by atoms with van der Waals surface area (Å²) in [7, 11) is -4.81. The number of carbonyl (C=O) groups is 2. The van der Waals surface area contributed by atoms with E-state index in [2.05, 4.69) is 0 Å². The first-order valence-corrected chi connectivity index (χ1v) is 10.6. The third-order valence-electron chi connectivity index (χ3n) is 3.66. The summed E-state index contributed by atoms with van der Waals surface area (Å²) in [5.41, 5.74) is 5.28. The molecule has 2 aliphatic heterocycles. The molecule has 2 amide bonds. The number of thioether (sulfide) groups is 1. The van der Waals surface area contributed by atoms with E-state index in [9.17, 15) is 23.9 Å². The molecule has 0 aromatic carbocycles. The van der Waals surface area contributed by atoms with Gasteiger partial charge in [-0.05, 0) is 38.5 Å². The summed E-state index contributed by atoms with van der Waals surface area (Å²) in [6.07, 6.45) is 0.335. The van der Waals surface area contributed by atoms with Gasteiger partial charge in [0.15, 0.2) is 0 Å². The van der Waals surface area contributed by atoms with Gasteiger partial charge in [0.2, 0.25) is 11.8 Å². The Morgan fingerprint density at radius 3 is 2.42 bits per heavy atom. The normalized spacial score (nSPS) is 19.8. The monoisotopic (exact) mass is 434 g/mol. The molecule has 7 nitrogen and oxygen atoms in total. The molecular formula is C14H17N2Na2O5PS2. The van der Waals surface area contributed by atoms with Crippen molar-refractivity contribution >= 4 is 42.5 Å². The van der Waals surface area contributed by atoms with Gasteiger partial charge in [0.1, 0.15) is 0 Å². The van der Waals surface area contributed by atoms with Crippen molar-refractivity contribution in [1.29, 1.82) is 0 Å². The molecule has 0 spiro atoms. The molecule has 26 heavy (non-hydrogen) atoms. The maximum atomic E-state index is 11.1. The Kier molecular flexibility index (Phi) is 11.5. The second-order valence-electron chi connectivity index (χ2n) is 5.47. The molecule has 1 aromatic heterocycles. The summed E-state index contributed by atoms with van der Waals surface area (Å²) in [6, 6.07) is 3.83. The second kappa shape index (κ2) is 11.2. The molecule has 2 atom stereocenters. The van der Waals surface area contributed by atoms with Crippen LogP contribution in [0.15, 0.2) is 28.5 Å². The molecule has 132 valence electrons. The largest absolute Gasteiger partial charge is 1.00 e. The minimum atomic E-state index is -4.81. The van der Waals surface area contributed by atoms with Crippen molar-refractivity contribution in [1.82, 2.24) is 4.90 Å². The van der Waals surface area contributed by atoms with E-state index in [1.54, 1.807) is 18.3 Å². The van der Waals surface area contributed by atoms with E-state index in [0.717, 1.165) is 9.78 Å². The van der Waals surface area contributed by atoms with Crippen molar-refractivity contribution in [2.24, 2.45) is 5.73 Å². The molecular weight excluding hydrogens is 417 g/mol. The number of amides is 2. The zero-order chi connectivity index (χ0) is 18.1. The van der Waals surface area contributed by atoms with E-state index in [4.69, 9.17) is 5.73 Å². The Labute approximate surface area is 204 Å². The Bertz CT molecular complexity index is 723. The first-order valence-electron chi connectivity index (χ1n) is 7.11. The SMILES string of the molecule is CC(C(N)=O)c1cccs1.CC1=C(P(=O)([O-])[O-])N2C(=O)C[C@@H]2SC1.[Na+].[Na+]. The number of thiophene rings is 1. The van der Waals surface area contributed by atoms with Gasteiger partial charge in [-0.2, -0.15) is 0 Å². The molecule has 0 saturated carbocycles. The van der Waals surface area contributed by atoms with Crippen molar-refractivity contribution in [3.63, 3.8) is 0 Å². The smallest absolute Gasteiger partial charge is 0.806 e. The van der Waals surface area contributed by atoms with Crippen LogP contribution in [0.5, 0.6) is 0 Å². The van der Waals surface area contributed by atoms with Crippen LogP contribution in [0.3, 0.4) is 0 Å². The fourth-order valence-corrected chi connectivity index (χ4v) is 5.56. The Balaban J connectivity index is 0.000000469. The number of nitrogens with two attached hydrogens (primary N) is 1. The Morgan fingerprint density at radius 2 is 2.04 bits per heavy atom. The van der Waals surface area contributed by atoms with Gasteiger partial charge in [0, 0.05) is 10.6 Å². The number of carbonyl (C=O) groups excluding carboxylic acids is 2. The molecule has 1 fully saturated rings. The third-order valence-corrected chi connectivity index (χ3v) is 7.20. The molecule has 1 saturated heterocycles. The van der Waals surface area contributed by atoms with Gasteiger partial charge < -0.3 is 20.1 Å². The van der Waals surface area contributed by atoms with Crippen LogP contribution in [0.1, 0.15) is 31.1 Å². The first kappa shape index (κ1) is 26.9. The number of fused-ring (bicyclic) bond motifs is 1. The molecule has 0 bridgehead atoms. The standard InChI is InChI=1S/C7H10NO4PS.C7H9NOS.2Na/c1-4-3-14-6-2-5(9)8(6)7(4)13(10,11)12;1-5(7(8)9)6-3-2-4-10-6;;/h6H,2-3H2,1H3,(H2,10,11,12);2-5H,1H3,(H2,8,9);;/q;;2*+1/p-2/t6-;;;/m0.../s1. The fraction of sp³-hybridized carbons (Fsp3) is 0.429. The van der Waals surface area contributed by atoms with Crippen molar-refractivity contribution in [2.45, 2.75) is 31.6 Å². The van der Waals surface area contributed by atoms with Crippen molar-refractivity contribution in [3.8, 4) is 0 Å². The average Bonchev–Trinajstić information content (AvgIpc) is 3.00. The van der Waals surface area contributed by atoms with E-state index < -0.39 is 7.60 Å². The van der Waals surface area contributed by atoms with Gasteiger partial charge in [-0.25, -0.2) is 0 Å². The van der Waals surface area contributed by atoms with Crippen LogP contribution in [-0.4, -0.2) is 27.8 Å². The Morgan fingerprint density at radius 1 is 1.42 bits per heavy atom. The third kappa shape index (κ3) is 6.46. The number of rotatable bonds is 3. The van der Waals surface area contributed by atoms with Gasteiger partial charge in [-0.15, -0.1) is 23.1 Å². The molecule has 12 heteroatoms. The first-order chi connectivity index (χ1) is 11.1. The number of primary amides is 1. The Hall–Kier alpha value is 0.880. The summed E-state index contributed by atoms with van der Waals surface area (Å²) in [4.78, 5) is 45.8. The van der Waals surface area contributed by atoms with E-state index in [1.807, 2.05) is 24.4 Å². The van der Waals surface area contributed by atoms with Crippen molar-refractivity contribution < 1.29 is 83.1 Å². The van der Waals surface area contributed by atoms with Gasteiger partial charge in [-0.1, -0.05) is 6.07 Å². The maximum Gasteiger partial charge on any atom is 1.00 e. The predicted octanol–water partition coefficient (Wildman–Crippen LogP) is -5.22. The minimum Gasteiger partial charge on any atom is -0.806 e. The topological polar surface area (TPSA) is 127 Å². The summed E-state index contributed by atoms with van der Waals surface area (Å²) >= 11 is 3.05. The van der Waals surface area contributed by atoms with Crippen LogP contribution in [0.4, 0.5) is 0 Å². The van der Waals surface area contributed by atoms with Crippen LogP contribution in [-0.2, 0) is 14.2 Å². The van der Waals surface area contributed by atoms with Crippen LogP contribution in [0.2, 0.25) is 0 Å². The van der Waals surface area contributed by atoms with E-state index in [1.165, 1.54) is 11.8 Å². The molecule has 3 heterocycles. The minimum absolute atomic E-state index is 0. The van der Waals surface area contributed by atoms with Gasteiger partial charge >= 0.3 is 59.1 Å². The summed E-state index contributed by atoms with van der Waals surface area (Å²) < 4.78 is 10.9. The van der Waals surface area contributed by atoms with Crippen LogP contribution < -0.4 is 74.6 Å². The molecule has 2 N–H and O–H groups in total. The molecule has 0 radical (unpaired) electrons. The number of hydrogen-bond donors (Lipinski definition) is 1. The van der Waals surface area contributed by atoms with Crippen molar-refractivity contribution in [2.75, 3.05) is 5.75 Å². The zero-order valence-electron chi connectivity index (χ0n) is 15.1. The van der Waals surface area contributed by atoms with Crippen LogP contribution >= 0.6 is 30.7 Å². The van der Waals surface area contributed by atoms with E-state index in [0.29, 0.717) is 17.7 Å². The van der Waals surface area contributed by atoms with Crippen LogP contribution in [0, 0.1) is 0 Å². The molecule has 3 rings (SSSR count). The van der Waals surface area contributed by atoms with Gasteiger partial charge in [0.25, 0.3) is 0 Å². The van der Waals surface area contributed by atoms with Crippen LogP contribution in [0.25, 0.3) is 0 Å². The summed E-state index contributed by atoms with van der Waals surface area (Å²) in [5, 5.41) is 1.80. The fourth-order valence-electron chi connectivity index (χ4n) is 2.31. The number of hydrogen-bond acceptors (Lipinski definition) is 7.